The van der Waals surface area contributed by atoms with Crippen LogP contribution in [-0.2, 0) is 6.42 Å². The third kappa shape index (κ3) is 3.38. The fourth-order valence-corrected chi connectivity index (χ4v) is 2.54. The van der Waals surface area contributed by atoms with E-state index in [-0.39, 0.29) is 6.04 Å². The summed E-state index contributed by atoms with van der Waals surface area (Å²) in [4.78, 5) is 4.36. The summed E-state index contributed by atoms with van der Waals surface area (Å²) in [5.41, 5.74) is 4.94. The van der Waals surface area contributed by atoms with Crippen LogP contribution in [0.15, 0.2) is 51.5 Å². The third-order valence-electron chi connectivity index (χ3n) is 2.67. The number of halogens is 2. The van der Waals surface area contributed by atoms with Gasteiger partial charge in [-0.15, -0.1) is 0 Å². The Hall–Kier alpha value is -0.750. The van der Waals surface area contributed by atoms with Crippen LogP contribution in [-0.4, -0.2) is 4.98 Å². The second kappa shape index (κ2) is 6.43. The number of rotatable bonds is 4. The lowest BCUT2D eigenvalue weighted by Crippen LogP contribution is -2.30. The summed E-state index contributed by atoms with van der Waals surface area (Å²) in [6, 6.07) is 12.0. The van der Waals surface area contributed by atoms with E-state index in [4.69, 9.17) is 5.84 Å². The molecule has 1 aromatic heterocycles. The van der Waals surface area contributed by atoms with Gasteiger partial charge in [0.2, 0.25) is 0 Å². The Balaban J connectivity index is 2.20. The summed E-state index contributed by atoms with van der Waals surface area (Å²) in [6.07, 6.45) is 2.56. The van der Waals surface area contributed by atoms with Crippen LogP contribution in [0.4, 0.5) is 0 Å². The monoisotopic (exact) mass is 369 g/mol. The maximum Gasteiger partial charge on any atom is 0.0731 e. The Labute approximate surface area is 123 Å². The van der Waals surface area contributed by atoms with E-state index in [1.165, 1.54) is 5.56 Å². The van der Waals surface area contributed by atoms with E-state index in [1.807, 2.05) is 24.3 Å². The fraction of sp³-hybridized carbons (Fsp3) is 0.154. The molecule has 0 bridgehead atoms. The highest BCUT2D eigenvalue weighted by Crippen LogP contribution is 2.23. The molecule has 0 saturated heterocycles. The lowest BCUT2D eigenvalue weighted by atomic mass is 10.0. The molecule has 94 valence electrons. The Kier molecular flexibility index (Phi) is 4.88. The first-order valence-electron chi connectivity index (χ1n) is 5.51. The molecule has 1 aromatic carbocycles. The molecule has 1 atom stereocenters. The molecule has 2 aromatic rings. The van der Waals surface area contributed by atoms with Crippen molar-refractivity contribution in [3.05, 3.63) is 62.8 Å². The second-order valence-electron chi connectivity index (χ2n) is 3.92. The van der Waals surface area contributed by atoms with E-state index < -0.39 is 0 Å². The van der Waals surface area contributed by atoms with Gasteiger partial charge in [-0.05, 0) is 52.2 Å². The van der Waals surface area contributed by atoms with Crippen LogP contribution in [0.1, 0.15) is 17.3 Å². The molecule has 0 aliphatic carbocycles. The number of hydrogen-bond acceptors (Lipinski definition) is 3. The highest BCUT2D eigenvalue weighted by atomic mass is 79.9. The highest BCUT2D eigenvalue weighted by molar-refractivity contribution is 9.10. The highest BCUT2D eigenvalue weighted by Gasteiger charge is 2.14. The zero-order chi connectivity index (χ0) is 13.0. The van der Waals surface area contributed by atoms with Gasteiger partial charge in [-0.3, -0.25) is 16.3 Å². The van der Waals surface area contributed by atoms with Crippen molar-refractivity contribution in [2.45, 2.75) is 12.5 Å². The summed E-state index contributed by atoms with van der Waals surface area (Å²) in [5.74, 6) is 5.63. The van der Waals surface area contributed by atoms with E-state index in [2.05, 4.69) is 54.4 Å². The zero-order valence-corrected chi connectivity index (χ0v) is 12.8. The first-order valence-corrected chi connectivity index (χ1v) is 7.10. The van der Waals surface area contributed by atoms with Gasteiger partial charge in [0.15, 0.2) is 0 Å². The Morgan fingerprint density at radius 2 is 1.89 bits per heavy atom. The van der Waals surface area contributed by atoms with Crippen LogP contribution < -0.4 is 11.3 Å². The van der Waals surface area contributed by atoms with Crippen molar-refractivity contribution >= 4 is 31.9 Å². The van der Waals surface area contributed by atoms with Gasteiger partial charge in [0, 0.05) is 15.1 Å². The minimum atomic E-state index is -0.0123. The third-order valence-corrected chi connectivity index (χ3v) is 3.87. The summed E-state index contributed by atoms with van der Waals surface area (Å²) in [6.45, 7) is 0. The van der Waals surface area contributed by atoms with Crippen molar-refractivity contribution in [3.63, 3.8) is 0 Å². The molecule has 0 saturated carbocycles. The number of pyridine rings is 1. The standard InChI is InChI=1S/C13H13Br2N3/c14-10-5-3-9(4-6-10)8-12(18-16)13-11(15)2-1-7-17-13/h1-7,12,18H,8,16H2. The summed E-state index contributed by atoms with van der Waals surface area (Å²) in [5, 5.41) is 0. The van der Waals surface area contributed by atoms with Crippen LogP contribution in [0, 0.1) is 0 Å². The molecular formula is C13H13Br2N3. The first kappa shape index (κ1) is 13.7. The number of benzene rings is 1. The average molecular weight is 371 g/mol. The van der Waals surface area contributed by atoms with Crippen molar-refractivity contribution < 1.29 is 0 Å². The predicted octanol–water partition coefficient (Wildman–Crippen LogP) is 3.35. The number of aromatic nitrogens is 1. The van der Waals surface area contributed by atoms with Crippen LogP contribution in [0.2, 0.25) is 0 Å². The molecule has 1 heterocycles. The summed E-state index contributed by atoms with van der Waals surface area (Å²) >= 11 is 6.92. The number of nitrogens with zero attached hydrogens (tertiary/aromatic N) is 1. The summed E-state index contributed by atoms with van der Waals surface area (Å²) in [7, 11) is 0. The van der Waals surface area contributed by atoms with Gasteiger partial charge < -0.3 is 0 Å². The van der Waals surface area contributed by atoms with Crippen LogP contribution >= 0.6 is 31.9 Å². The van der Waals surface area contributed by atoms with E-state index in [9.17, 15) is 0 Å². The quantitative estimate of drug-likeness (QED) is 0.640. The maximum atomic E-state index is 5.63. The Bertz CT molecular complexity index is 514. The van der Waals surface area contributed by atoms with Gasteiger partial charge in [0.05, 0.1) is 11.7 Å². The van der Waals surface area contributed by atoms with Gasteiger partial charge in [0.25, 0.3) is 0 Å². The molecule has 0 fully saturated rings. The fourth-order valence-electron chi connectivity index (χ4n) is 1.75. The van der Waals surface area contributed by atoms with Crippen molar-refractivity contribution in [2.75, 3.05) is 0 Å². The number of nitrogens with two attached hydrogens (primary N) is 1. The first-order chi connectivity index (χ1) is 8.70. The molecule has 5 heteroatoms. The van der Waals surface area contributed by atoms with Crippen molar-refractivity contribution in [1.29, 1.82) is 0 Å². The Morgan fingerprint density at radius 1 is 1.17 bits per heavy atom. The Morgan fingerprint density at radius 3 is 2.50 bits per heavy atom. The van der Waals surface area contributed by atoms with Crippen LogP contribution in [0.25, 0.3) is 0 Å². The molecule has 2 rings (SSSR count). The van der Waals surface area contributed by atoms with E-state index in [0.29, 0.717) is 0 Å². The largest absolute Gasteiger partial charge is 0.271 e. The minimum absolute atomic E-state index is 0.0123. The van der Waals surface area contributed by atoms with Gasteiger partial charge in [-0.1, -0.05) is 28.1 Å². The molecular weight excluding hydrogens is 358 g/mol. The molecule has 18 heavy (non-hydrogen) atoms. The van der Waals surface area contributed by atoms with E-state index >= 15 is 0 Å². The molecule has 0 amide bonds. The zero-order valence-electron chi connectivity index (χ0n) is 9.61. The smallest absolute Gasteiger partial charge is 0.0731 e. The maximum absolute atomic E-state index is 5.63. The lowest BCUT2D eigenvalue weighted by Gasteiger charge is -2.16. The van der Waals surface area contributed by atoms with Gasteiger partial charge in [-0.25, -0.2) is 0 Å². The molecule has 3 nitrogen and oxygen atoms in total. The molecule has 1 unspecified atom stereocenters. The van der Waals surface area contributed by atoms with Crippen molar-refractivity contribution in [3.8, 4) is 0 Å². The lowest BCUT2D eigenvalue weighted by molar-refractivity contribution is 0.536. The van der Waals surface area contributed by atoms with Crippen molar-refractivity contribution in [2.24, 2.45) is 5.84 Å². The number of hydrogen-bond donors (Lipinski definition) is 2. The van der Waals surface area contributed by atoms with E-state index in [1.54, 1.807) is 6.20 Å². The SMILES string of the molecule is NNC(Cc1ccc(Br)cc1)c1ncccc1Br. The molecule has 0 spiro atoms. The molecule has 3 N–H and O–H groups in total. The minimum Gasteiger partial charge on any atom is -0.271 e. The van der Waals surface area contributed by atoms with Gasteiger partial charge in [-0.2, -0.15) is 0 Å². The van der Waals surface area contributed by atoms with Crippen LogP contribution in [0.3, 0.4) is 0 Å². The normalized spacial score (nSPS) is 12.4. The topological polar surface area (TPSA) is 50.9 Å². The summed E-state index contributed by atoms with van der Waals surface area (Å²) < 4.78 is 2.03. The number of hydrazine groups is 1. The molecule has 0 aliphatic heterocycles. The number of nitrogens with one attached hydrogen (secondary N) is 1. The van der Waals surface area contributed by atoms with E-state index in [0.717, 1.165) is 21.1 Å². The van der Waals surface area contributed by atoms with Crippen LogP contribution in [0.5, 0.6) is 0 Å². The van der Waals surface area contributed by atoms with Crippen molar-refractivity contribution in [1.82, 2.24) is 10.4 Å². The molecule has 0 aliphatic rings. The van der Waals surface area contributed by atoms with Gasteiger partial charge >= 0.3 is 0 Å². The van der Waals surface area contributed by atoms with Gasteiger partial charge in [0.1, 0.15) is 0 Å². The predicted molar refractivity (Wildman–Crippen MR) is 79.8 cm³/mol. The second-order valence-corrected chi connectivity index (χ2v) is 5.69. The molecule has 0 radical (unpaired) electrons. The average Bonchev–Trinajstić information content (AvgIpc) is 2.39.